The number of aromatic nitrogens is 3. The molecule has 0 radical (unpaired) electrons. The minimum atomic E-state index is -0.428. The first-order valence-electron chi connectivity index (χ1n) is 5.85. The Bertz CT molecular complexity index is 853. The fourth-order valence-corrected chi connectivity index (χ4v) is 2.62. The Morgan fingerprint density at radius 3 is 3.00 bits per heavy atom. The molecule has 2 aromatic heterocycles. The van der Waals surface area contributed by atoms with Crippen LogP contribution in [0.2, 0.25) is 0 Å². The molecule has 0 spiro atoms. The van der Waals surface area contributed by atoms with Gasteiger partial charge in [0.1, 0.15) is 5.69 Å². The summed E-state index contributed by atoms with van der Waals surface area (Å²) >= 11 is 1.60. The lowest BCUT2D eigenvalue weighted by atomic mass is 10.3. The molecule has 6 nitrogen and oxygen atoms in total. The van der Waals surface area contributed by atoms with Crippen molar-refractivity contribution < 1.29 is 4.79 Å². The number of carbonyl (C=O) groups excluding carboxylic acids is 1. The molecule has 0 fully saturated rings. The Balaban J connectivity index is 1.88. The third kappa shape index (κ3) is 2.43. The smallest absolute Gasteiger partial charge is 0.274 e. The number of aryl methyl sites for hydroxylation is 1. The topological polar surface area (TPSA) is 87.7 Å². The summed E-state index contributed by atoms with van der Waals surface area (Å²) in [5, 5.41) is 3.67. The second-order valence-electron chi connectivity index (χ2n) is 4.17. The second kappa shape index (κ2) is 4.86. The molecule has 2 N–H and O–H groups in total. The highest BCUT2D eigenvalue weighted by molar-refractivity contribution is 7.18. The van der Waals surface area contributed by atoms with E-state index in [0.717, 1.165) is 21.3 Å². The van der Waals surface area contributed by atoms with Crippen molar-refractivity contribution in [2.75, 3.05) is 5.32 Å². The normalized spacial score (nSPS) is 10.7. The number of H-pyrrole nitrogens is 1. The molecule has 0 atom stereocenters. The van der Waals surface area contributed by atoms with E-state index in [-0.39, 0.29) is 11.3 Å². The quantitative estimate of drug-likeness (QED) is 0.753. The summed E-state index contributed by atoms with van der Waals surface area (Å²) in [7, 11) is 0. The van der Waals surface area contributed by atoms with Crippen LogP contribution >= 0.6 is 11.3 Å². The van der Waals surface area contributed by atoms with E-state index in [4.69, 9.17) is 0 Å². The van der Waals surface area contributed by atoms with E-state index in [1.54, 1.807) is 23.5 Å². The monoisotopic (exact) mass is 286 g/mol. The van der Waals surface area contributed by atoms with Crippen LogP contribution in [0.25, 0.3) is 10.2 Å². The van der Waals surface area contributed by atoms with Gasteiger partial charge in [0.25, 0.3) is 11.5 Å². The van der Waals surface area contributed by atoms with Crippen molar-refractivity contribution in [3.05, 3.63) is 51.6 Å². The maximum Gasteiger partial charge on any atom is 0.274 e. The van der Waals surface area contributed by atoms with Gasteiger partial charge in [0.05, 0.1) is 21.6 Å². The van der Waals surface area contributed by atoms with Crippen LogP contribution in [0, 0.1) is 6.92 Å². The van der Waals surface area contributed by atoms with Gasteiger partial charge in [-0.1, -0.05) is 0 Å². The van der Waals surface area contributed by atoms with Gasteiger partial charge >= 0.3 is 0 Å². The molecule has 2 heterocycles. The van der Waals surface area contributed by atoms with Crippen LogP contribution < -0.4 is 10.9 Å². The predicted octanol–water partition coefficient (Wildman–Crippen LogP) is 1.94. The van der Waals surface area contributed by atoms with Gasteiger partial charge in [-0.15, -0.1) is 11.3 Å². The average Bonchev–Trinajstić information content (AvgIpc) is 2.78. The highest BCUT2D eigenvalue weighted by Crippen LogP contribution is 2.24. The molecule has 7 heteroatoms. The zero-order chi connectivity index (χ0) is 14.1. The Kier molecular flexibility index (Phi) is 3.03. The molecule has 0 saturated carbocycles. The lowest BCUT2D eigenvalue weighted by Gasteiger charge is -2.03. The predicted molar refractivity (Wildman–Crippen MR) is 77.2 cm³/mol. The molecule has 20 heavy (non-hydrogen) atoms. The third-order valence-electron chi connectivity index (χ3n) is 2.66. The highest BCUT2D eigenvalue weighted by atomic mass is 32.1. The number of aromatic amines is 1. The van der Waals surface area contributed by atoms with Gasteiger partial charge in [-0.05, 0) is 25.1 Å². The molecule has 0 bridgehead atoms. The molecule has 0 aliphatic heterocycles. The Hall–Kier alpha value is -2.54. The number of anilines is 1. The number of amides is 1. The first-order valence-corrected chi connectivity index (χ1v) is 6.67. The summed E-state index contributed by atoms with van der Waals surface area (Å²) in [5.41, 5.74) is 1.16. The minimum Gasteiger partial charge on any atom is -0.321 e. The van der Waals surface area contributed by atoms with Gasteiger partial charge in [-0.2, -0.15) is 0 Å². The molecular formula is C13H10N4O2S. The van der Waals surface area contributed by atoms with Crippen LogP contribution in [0.15, 0.2) is 35.4 Å². The number of benzene rings is 1. The number of thiazole rings is 1. The molecular weight excluding hydrogens is 276 g/mol. The first-order chi connectivity index (χ1) is 9.61. The molecule has 1 aromatic carbocycles. The van der Waals surface area contributed by atoms with Crippen molar-refractivity contribution >= 4 is 33.1 Å². The summed E-state index contributed by atoms with van der Waals surface area (Å²) in [6.07, 6.45) is 1.20. The summed E-state index contributed by atoms with van der Waals surface area (Å²) in [5.74, 6) is -0.428. The molecule has 0 aliphatic carbocycles. The van der Waals surface area contributed by atoms with Crippen LogP contribution in [-0.2, 0) is 0 Å². The zero-order valence-electron chi connectivity index (χ0n) is 10.5. The van der Waals surface area contributed by atoms with Crippen LogP contribution in [0.5, 0.6) is 0 Å². The minimum absolute atomic E-state index is 0.0725. The third-order valence-corrected chi connectivity index (χ3v) is 3.62. The number of hydrogen-bond acceptors (Lipinski definition) is 5. The van der Waals surface area contributed by atoms with Crippen molar-refractivity contribution in [1.82, 2.24) is 15.0 Å². The molecule has 0 unspecified atom stereocenters. The van der Waals surface area contributed by atoms with E-state index in [0.29, 0.717) is 5.69 Å². The van der Waals surface area contributed by atoms with Crippen LogP contribution in [0.3, 0.4) is 0 Å². The van der Waals surface area contributed by atoms with E-state index in [2.05, 4.69) is 20.3 Å². The molecule has 1 amide bonds. The highest BCUT2D eigenvalue weighted by Gasteiger charge is 2.09. The van der Waals surface area contributed by atoms with Gasteiger partial charge in [0.15, 0.2) is 0 Å². The van der Waals surface area contributed by atoms with Gasteiger partial charge in [-0.25, -0.2) is 9.97 Å². The van der Waals surface area contributed by atoms with E-state index in [9.17, 15) is 9.59 Å². The molecule has 0 aliphatic rings. The average molecular weight is 286 g/mol. The Morgan fingerprint density at radius 1 is 1.35 bits per heavy atom. The standard InChI is InChI=1S/C13H10N4O2S/c1-7-16-9-4-8(2-3-11(9)20-7)17-13(19)10-5-12(18)15-6-14-10/h2-6H,1H3,(H,17,19)(H,14,15,18). The van der Waals surface area contributed by atoms with Crippen LogP contribution in [0.1, 0.15) is 15.5 Å². The van der Waals surface area contributed by atoms with Crippen molar-refractivity contribution in [2.24, 2.45) is 0 Å². The number of carbonyl (C=O) groups is 1. The molecule has 3 aromatic rings. The van der Waals surface area contributed by atoms with Crippen molar-refractivity contribution in [3.8, 4) is 0 Å². The Labute approximate surface area is 117 Å². The molecule has 3 rings (SSSR count). The molecule has 0 saturated heterocycles. The van der Waals surface area contributed by atoms with Crippen LogP contribution in [0.4, 0.5) is 5.69 Å². The van der Waals surface area contributed by atoms with Gasteiger partial charge in [-0.3, -0.25) is 9.59 Å². The number of nitrogens with one attached hydrogen (secondary N) is 2. The first kappa shape index (κ1) is 12.5. The number of nitrogens with zero attached hydrogens (tertiary/aromatic N) is 2. The van der Waals surface area contributed by atoms with E-state index in [1.165, 1.54) is 6.33 Å². The van der Waals surface area contributed by atoms with Gasteiger partial charge < -0.3 is 10.3 Å². The van der Waals surface area contributed by atoms with Crippen molar-refractivity contribution in [2.45, 2.75) is 6.92 Å². The van der Waals surface area contributed by atoms with Crippen molar-refractivity contribution in [3.63, 3.8) is 0 Å². The zero-order valence-corrected chi connectivity index (χ0v) is 11.3. The second-order valence-corrected chi connectivity index (χ2v) is 5.40. The maximum atomic E-state index is 12.0. The summed E-state index contributed by atoms with van der Waals surface area (Å²) in [4.78, 5) is 33.7. The number of hydrogen-bond donors (Lipinski definition) is 2. The Morgan fingerprint density at radius 2 is 2.20 bits per heavy atom. The van der Waals surface area contributed by atoms with E-state index >= 15 is 0 Å². The summed E-state index contributed by atoms with van der Waals surface area (Å²) < 4.78 is 1.06. The van der Waals surface area contributed by atoms with E-state index in [1.807, 2.05) is 13.0 Å². The number of fused-ring (bicyclic) bond motifs is 1. The summed E-state index contributed by atoms with van der Waals surface area (Å²) in [6.45, 7) is 1.93. The summed E-state index contributed by atoms with van der Waals surface area (Å²) in [6, 6.07) is 6.65. The van der Waals surface area contributed by atoms with E-state index < -0.39 is 5.91 Å². The van der Waals surface area contributed by atoms with Crippen molar-refractivity contribution in [1.29, 1.82) is 0 Å². The fourth-order valence-electron chi connectivity index (χ4n) is 1.81. The fraction of sp³-hybridized carbons (Fsp3) is 0.0769. The maximum absolute atomic E-state index is 12.0. The largest absolute Gasteiger partial charge is 0.321 e. The lowest BCUT2D eigenvalue weighted by molar-refractivity contribution is 0.102. The van der Waals surface area contributed by atoms with Gasteiger partial charge in [0, 0.05) is 11.8 Å². The van der Waals surface area contributed by atoms with Gasteiger partial charge in [0.2, 0.25) is 0 Å². The lowest BCUT2D eigenvalue weighted by Crippen LogP contribution is -2.17. The number of rotatable bonds is 2. The SMILES string of the molecule is Cc1nc2cc(NC(=O)c3cc(=O)[nH]cn3)ccc2s1. The molecule has 100 valence electrons. The van der Waals surface area contributed by atoms with Crippen LogP contribution in [-0.4, -0.2) is 20.9 Å².